The van der Waals surface area contributed by atoms with E-state index in [0.717, 1.165) is 22.3 Å². The van der Waals surface area contributed by atoms with E-state index < -0.39 is 0 Å². The first-order valence-electron chi connectivity index (χ1n) is 14.7. The molecular formula is C36H41NO5. The molecule has 0 radical (unpaired) electrons. The van der Waals surface area contributed by atoms with Crippen molar-refractivity contribution in [2.24, 2.45) is 0 Å². The second-order valence-corrected chi connectivity index (χ2v) is 10.6. The Morgan fingerprint density at radius 3 is 1.45 bits per heavy atom. The summed E-state index contributed by atoms with van der Waals surface area (Å²) in [6.45, 7) is 3.39. The van der Waals surface area contributed by atoms with Crippen LogP contribution in [0.2, 0.25) is 0 Å². The number of aliphatic hydroxyl groups is 1. The first-order valence-corrected chi connectivity index (χ1v) is 14.7. The fourth-order valence-electron chi connectivity index (χ4n) is 5.43. The van der Waals surface area contributed by atoms with Crippen molar-refractivity contribution in [2.75, 3.05) is 26.3 Å². The average Bonchev–Trinajstić information content (AvgIpc) is 3.05. The maximum Gasteiger partial charge on any atom is 0.113 e. The summed E-state index contributed by atoms with van der Waals surface area (Å²) in [6, 6.07) is 40.6. The van der Waals surface area contributed by atoms with Gasteiger partial charge < -0.3 is 24.1 Å². The molecule has 0 aromatic heterocycles. The minimum absolute atomic E-state index is 0.0293. The van der Waals surface area contributed by atoms with Crippen LogP contribution in [0.25, 0.3) is 0 Å². The Hall–Kier alpha value is -3.36. The molecule has 1 fully saturated rings. The molecule has 0 amide bonds. The normalized spacial score (nSPS) is 20.9. The maximum absolute atomic E-state index is 10.1. The zero-order chi connectivity index (χ0) is 28.8. The molecule has 0 bridgehead atoms. The zero-order valence-corrected chi connectivity index (χ0v) is 24.0. The van der Waals surface area contributed by atoms with Crippen molar-refractivity contribution in [2.45, 2.75) is 50.8 Å². The predicted molar refractivity (Wildman–Crippen MR) is 164 cm³/mol. The van der Waals surface area contributed by atoms with Gasteiger partial charge >= 0.3 is 0 Å². The van der Waals surface area contributed by atoms with Crippen molar-refractivity contribution < 1.29 is 24.1 Å². The summed E-state index contributed by atoms with van der Waals surface area (Å²) in [4.78, 5) is 2.23. The summed E-state index contributed by atoms with van der Waals surface area (Å²) in [5, 5.41) is 10.1. The highest BCUT2D eigenvalue weighted by Crippen LogP contribution is 2.29. The molecule has 6 nitrogen and oxygen atoms in total. The minimum atomic E-state index is -0.356. The van der Waals surface area contributed by atoms with Crippen molar-refractivity contribution in [1.29, 1.82) is 0 Å². The summed E-state index contributed by atoms with van der Waals surface area (Å²) < 4.78 is 26.3. The van der Waals surface area contributed by atoms with E-state index in [-0.39, 0.29) is 31.0 Å². The molecule has 6 heteroatoms. The van der Waals surface area contributed by atoms with Crippen molar-refractivity contribution in [3.8, 4) is 0 Å². The number of rotatable bonds is 15. The SMILES string of the molecule is OCCN1C[C@H](OCc2ccccc2)[C@@H](OCc2ccccc2)[C@@H](OCc2ccccc2)[C@H]1COCc1ccccc1. The molecule has 220 valence electrons. The van der Waals surface area contributed by atoms with Crippen LogP contribution in [0, 0.1) is 0 Å². The highest BCUT2D eigenvalue weighted by molar-refractivity contribution is 5.16. The first-order chi connectivity index (χ1) is 20.8. The molecule has 1 saturated heterocycles. The molecule has 0 aliphatic carbocycles. The third-order valence-corrected chi connectivity index (χ3v) is 7.62. The van der Waals surface area contributed by atoms with E-state index in [2.05, 4.69) is 53.4 Å². The number of aliphatic hydroxyl groups excluding tert-OH is 1. The summed E-state index contributed by atoms with van der Waals surface area (Å²) in [7, 11) is 0. The maximum atomic E-state index is 10.1. The molecule has 4 atom stereocenters. The summed E-state index contributed by atoms with van der Waals surface area (Å²) in [6.07, 6.45) is -0.977. The number of hydrogen-bond donors (Lipinski definition) is 1. The predicted octanol–water partition coefficient (Wildman–Crippen LogP) is 5.64. The fourth-order valence-corrected chi connectivity index (χ4v) is 5.43. The van der Waals surface area contributed by atoms with Gasteiger partial charge in [0.25, 0.3) is 0 Å². The van der Waals surface area contributed by atoms with Gasteiger partial charge in [-0.3, -0.25) is 4.90 Å². The van der Waals surface area contributed by atoms with E-state index in [9.17, 15) is 5.11 Å². The Kier molecular flexibility index (Phi) is 11.7. The van der Waals surface area contributed by atoms with Crippen LogP contribution < -0.4 is 0 Å². The van der Waals surface area contributed by atoms with Crippen molar-refractivity contribution in [3.05, 3.63) is 144 Å². The number of likely N-dealkylation sites (tertiary alicyclic amines) is 1. The Labute approximate surface area is 249 Å². The average molecular weight is 568 g/mol. The van der Waals surface area contributed by atoms with Crippen molar-refractivity contribution in [3.63, 3.8) is 0 Å². The smallest absolute Gasteiger partial charge is 0.113 e. The monoisotopic (exact) mass is 567 g/mol. The molecule has 1 N–H and O–H groups in total. The number of ether oxygens (including phenoxy) is 4. The van der Waals surface area contributed by atoms with E-state index in [1.54, 1.807) is 0 Å². The second-order valence-electron chi connectivity index (χ2n) is 10.6. The topological polar surface area (TPSA) is 60.4 Å². The molecule has 4 aromatic carbocycles. The largest absolute Gasteiger partial charge is 0.395 e. The van der Waals surface area contributed by atoms with Gasteiger partial charge in [0.15, 0.2) is 0 Å². The number of piperidine rings is 1. The van der Waals surface area contributed by atoms with Crippen LogP contribution in [0.3, 0.4) is 0 Å². The highest BCUT2D eigenvalue weighted by atomic mass is 16.6. The lowest BCUT2D eigenvalue weighted by Gasteiger charge is -2.48. The van der Waals surface area contributed by atoms with Gasteiger partial charge in [0.05, 0.1) is 51.8 Å². The Balaban J connectivity index is 1.40. The zero-order valence-electron chi connectivity index (χ0n) is 24.0. The van der Waals surface area contributed by atoms with Gasteiger partial charge in [0, 0.05) is 13.1 Å². The highest BCUT2D eigenvalue weighted by Gasteiger charge is 2.46. The Morgan fingerprint density at radius 1 is 0.548 bits per heavy atom. The molecular weight excluding hydrogens is 526 g/mol. The van der Waals surface area contributed by atoms with Crippen LogP contribution in [0.15, 0.2) is 121 Å². The van der Waals surface area contributed by atoms with E-state index in [4.69, 9.17) is 18.9 Å². The van der Waals surface area contributed by atoms with E-state index in [1.807, 2.05) is 72.8 Å². The molecule has 0 unspecified atom stereocenters. The van der Waals surface area contributed by atoms with Crippen molar-refractivity contribution in [1.82, 2.24) is 4.90 Å². The molecule has 1 aliphatic rings. The van der Waals surface area contributed by atoms with Gasteiger partial charge in [0.2, 0.25) is 0 Å². The minimum Gasteiger partial charge on any atom is -0.395 e. The van der Waals surface area contributed by atoms with Gasteiger partial charge in [-0.25, -0.2) is 0 Å². The van der Waals surface area contributed by atoms with Crippen LogP contribution in [-0.4, -0.2) is 60.7 Å². The van der Waals surface area contributed by atoms with E-state index in [1.165, 1.54) is 0 Å². The van der Waals surface area contributed by atoms with Crippen LogP contribution in [-0.2, 0) is 45.4 Å². The van der Waals surface area contributed by atoms with Gasteiger partial charge in [0.1, 0.15) is 12.2 Å². The van der Waals surface area contributed by atoms with Crippen molar-refractivity contribution >= 4 is 0 Å². The summed E-state index contributed by atoms with van der Waals surface area (Å²) in [5.74, 6) is 0. The second kappa shape index (κ2) is 16.3. The van der Waals surface area contributed by atoms with E-state index >= 15 is 0 Å². The summed E-state index contributed by atoms with van der Waals surface area (Å²) in [5.41, 5.74) is 4.40. The molecule has 1 heterocycles. The molecule has 42 heavy (non-hydrogen) atoms. The fraction of sp³-hybridized carbons (Fsp3) is 0.333. The molecule has 1 aliphatic heterocycles. The van der Waals surface area contributed by atoms with Gasteiger partial charge in [-0.15, -0.1) is 0 Å². The third kappa shape index (κ3) is 8.82. The van der Waals surface area contributed by atoms with Gasteiger partial charge in [-0.2, -0.15) is 0 Å². The van der Waals surface area contributed by atoms with Crippen LogP contribution in [0.1, 0.15) is 22.3 Å². The molecule has 0 saturated carbocycles. The molecule has 5 rings (SSSR count). The van der Waals surface area contributed by atoms with Crippen LogP contribution in [0.4, 0.5) is 0 Å². The van der Waals surface area contributed by atoms with Crippen LogP contribution >= 0.6 is 0 Å². The number of β-amino-alcohol motifs (C(OH)–C–C–N with tert-alkyl or cyclic N) is 1. The van der Waals surface area contributed by atoms with E-state index in [0.29, 0.717) is 46.1 Å². The lowest BCUT2D eigenvalue weighted by atomic mass is 9.93. The van der Waals surface area contributed by atoms with Gasteiger partial charge in [-0.05, 0) is 22.3 Å². The number of benzene rings is 4. The summed E-state index contributed by atoms with van der Waals surface area (Å²) >= 11 is 0. The Bertz CT molecular complexity index is 1280. The number of nitrogens with zero attached hydrogens (tertiary/aromatic N) is 1. The van der Waals surface area contributed by atoms with Gasteiger partial charge in [-0.1, -0.05) is 121 Å². The lowest BCUT2D eigenvalue weighted by Crippen LogP contribution is -2.65. The molecule has 4 aromatic rings. The quantitative estimate of drug-likeness (QED) is 0.201. The lowest BCUT2D eigenvalue weighted by molar-refractivity contribution is -0.211. The van der Waals surface area contributed by atoms with Crippen LogP contribution in [0.5, 0.6) is 0 Å². The first kappa shape index (κ1) is 30.1. The standard InChI is InChI=1S/C36H41NO5/c38-22-21-37-23-34(40-25-30-15-7-2-8-16-30)36(42-27-32-19-11-4-12-20-32)35(41-26-31-17-9-3-10-18-31)33(37)28-39-24-29-13-5-1-6-14-29/h1-20,33-36,38H,21-28H2/t33-,34+,35+,36-/m1/s1. The molecule has 0 spiro atoms. The number of hydrogen-bond acceptors (Lipinski definition) is 6. The third-order valence-electron chi connectivity index (χ3n) is 7.62. The Morgan fingerprint density at radius 2 is 0.976 bits per heavy atom.